The van der Waals surface area contributed by atoms with Crippen LogP contribution in [0, 0.1) is 5.92 Å². The van der Waals surface area contributed by atoms with Gasteiger partial charge >= 0.3 is 12.0 Å². The zero-order valence-electron chi connectivity index (χ0n) is 9.66. The fourth-order valence-corrected chi connectivity index (χ4v) is 1.78. The topological polar surface area (TPSA) is 78.4 Å². The molecule has 3 N–H and O–H groups in total. The van der Waals surface area contributed by atoms with E-state index in [0.717, 1.165) is 12.8 Å². The number of carboxylic acids is 1. The van der Waals surface area contributed by atoms with Crippen molar-refractivity contribution < 1.29 is 14.7 Å². The molecule has 0 aromatic heterocycles. The van der Waals surface area contributed by atoms with E-state index in [1.165, 1.54) is 6.42 Å². The van der Waals surface area contributed by atoms with Crippen LogP contribution in [0.4, 0.5) is 4.79 Å². The van der Waals surface area contributed by atoms with Crippen molar-refractivity contribution in [2.45, 2.75) is 45.1 Å². The van der Waals surface area contributed by atoms with Gasteiger partial charge in [-0.05, 0) is 25.2 Å². The monoisotopic (exact) mass is 228 g/mol. The highest BCUT2D eigenvalue weighted by Gasteiger charge is 2.36. The number of carboxylic acid groups (broad SMARTS) is 1. The summed E-state index contributed by atoms with van der Waals surface area (Å²) >= 11 is 0. The molecule has 1 fully saturated rings. The third-order valence-corrected chi connectivity index (χ3v) is 2.75. The highest BCUT2D eigenvalue weighted by Crippen LogP contribution is 2.34. The fraction of sp³-hybridized carbons (Fsp3) is 0.818. The normalized spacial score (nSPS) is 22.6. The smallest absolute Gasteiger partial charge is 0.315 e. The summed E-state index contributed by atoms with van der Waals surface area (Å²) in [6.45, 7) is 2.56. The molecule has 0 heterocycles. The first-order valence-corrected chi connectivity index (χ1v) is 5.89. The van der Waals surface area contributed by atoms with Gasteiger partial charge in [0.05, 0.1) is 0 Å². The zero-order chi connectivity index (χ0) is 12.0. The van der Waals surface area contributed by atoms with Crippen molar-refractivity contribution >= 4 is 12.0 Å². The summed E-state index contributed by atoms with van der Waals surface area (Å²) in [5.74, 6) is -0.179. The molecule has 1 saturated carbocycles. The molecule has 92 valence electrons. The highest BCUT2D eigenvalue weighted by molar-refractivity contribution is 5.74. The van der Waals surface area contributed by atoms with E-state index in [-0.39, 0.29) is 12.5 Å². The predicted molar refractivity (Wildman–Crippen MR) is 60.2 cm³/mol. The van der Waals surface area contributed by atoms with Crippen molar-refractivity contribution in [3.05, 3.63) is 0 Å². The SMILES string of the molecule is CCCC1CC1NC(=O)NCCCC(=O)O. The van der Waals surface area contributed by atoms with Crippen LogP contribution in [0.25, 0.3) is 0 Å². The van der Waals surface area contributed by atoms with E-state index in [1.54, 1.807) is 0 Å². The van der Waals surface area contributed by atoms with Crippen molar-refractivity contribution in [1.82, 2.24) is 10.6 Å². The van der Waals surface area contributed by atoms with E-state index >= 15 is 0 Å². The summed E-state index contributed by atoms with van der Waals surface area (Å²) in [4.78, 5) is 21.5. The van der Waals surface area contributed by atoms with Gasteiger partial charge < -0.3 is 15.7 Å². The number of aliphatic carboxylic acids is 1. The Balaban J connectivity index is 1.98. The lowest BCUT2D eigenvalue weighted by Crippen LogP contribution is -2.38. The molecule has 5 nitrogen and oxygen atoms in total. The molecule has 2 unspecified atom stereocenters. The number of carbonyl (C=O) groups excluding carboxylic acids is 1. The number of hydrogen-bond donors (Lipinski definition) is 3. The molecule has 2 atom stereocenters. The molecule has 0 aliphatic heterocycles. The fourth-order valence-electron chi connectivity index (χ4n) is 1.78. The van der Waals surface area contributed by atoms with Crippen LogP contribution in [0.2, 0.25) is 0 Å². The largest absolute Gasteiger partial charge is 0.481 e. The molecule has 0 radical (unpaired) electrons. The van der Waals surface area contributed by atoms with E-state index < -0.39 is 5.97 Å². The highest BCUT2D eigenvalue weighted by atomic mass is 16.4. The van der Waals surface area contributed by atoms with Crippen molar-refractivity contribution in [1.29, 1.82) is 0 Å². The molecule has 1 rings (SSSR count). The van der Waals surface area contributed by atoms with Crippen molar-refractivity contribution in [3.8, 4) is 0 Å². The van der Waals surface area contributed by atoms with Gasteiger partial charge in [-0.1, -0.05) is 13.3 Å². The van der Waals surface area contributed by atoms with E-state index in [1.807, 2.05) is 0 Å². The standard InChI is InChI=1S/C11H20N2O3/c1-2-4-8-7-9(8)13-11(16)12-6-3-5-10(14)15/h8-9H,2-7H2,1H3,(H,14,15)(H2,12,13,16). The molecule has 1 aliphatic carbocycles. The third-order valence-electron chi connectivity index (χ3n) is 2.75. The Morgan fingerprint density at radius 1 is 1.44 bits per heavy atom. The maximum atomic E-state index is 11.3. The molecule has 0 aromatic rings. The third kappa shape index (κ3) is 5.00. The first-order valence-electron chi connectivity index (χ1n) is 5.89. The lowest BCUT2D eigenvalue weighted by molar-refractivity contribution is -0.137. The van der Waals surface area contributed by atoms with Gasteiger partial charge in [-0.25, -0.2) is 4.79 Å². The quantitative estimate of drug-likeness (QED) is 0.575. The number of rotatable bonds is 7. The summed E-state index contributed by atoms with van der Waals surface area (Å²) in [5, 5.41) is 13.9. The number of amides is 2. The maximum Gasteiger partial charge on any atom is 0.315 e. The molecule has 0 saturated heterocycles. The van der Waals surface area contributed by atoms with Gasteiger partial charge in [0, 0.05) is 19.0 Å². The second-order valence-corrected chi connectivity index (χ2v) is 4.29. The first-order chi connectivity index (χ1) is 7.63. The summed E-state index contributed by atoms with van der Waals surface area (Å²) in [6.07, 6.45) is 3.98. The van der Waals surface area contributed by atoms with E-state index in [4.69, 9.17) is 5.11 Å². The Kier molecular flexibility index (Phi) is 5.08. The molecular weight excluding hydrogens is 208 g/mol. The average Bonchev–Trinajstić information content (AvgIpc) is 2.91. The first kappa shape index (κ1) is 12.8. The van der Waals surface area contributed by atoms with Gasteiger partial charge in [0.15, 0.2) is 0 Å². The van der Waals surface area contributed by atoms with Crippen LogP contribution in [0.3, 0.4) is 0 Å². The lowest BCUT2D eigenvalue weighted by atomic mass is 10.2. The minimum Gasteiger partial charge on any atom is -0.481 e. The Hall–Kier alpha value is -1.26. The average molecular weight is 228 g/mol. The van der Waals surface area contributed by atoms with Gasteiger partial charge in [-0.15, -0.1) is 0 Å². The molecule has 0 bridgehead atoms. The molecule has 0 aromatic carbocycles. The van der Waals surface area contributed by atoms with Crippen LogP contribution < -0.4 is 10.6 Å². The number of nitrogens with one attached hydrogen (secondary N) is 2. The van der Waals surface area contributed by atoms with Crippen LogP contribution >= 0.6 is 0 Å². The van der Waals surface area contributed by atoms with E-state index in [9.17, 15) is 9.59 Å². The van der Waals surface area contributed by atoms with E-state index in [0.29, 0.717) is 24.9 Å². The van der Waals surface area contributed by atoms with Gasteiger partial charge in [0.25, 0.3) is 0 Å². The van der Waals surface area contributed by atoms with E-state index in [2.05, 4.69) is 17.6 Å². The van der Waals surface area contributed by atoms with Crippen LogP contribution in [0.15, 0.2) is 0 Å². The van der Waals surface area contributed by atoms with Crippen LogP contribution in [0.1, 0.15) is 39.0 Å². The summed E-state index contributed by atoms with van der Waals surface area (Å²) in [6, 6.07) is 0.161. The van der Waals surface area contributed by atoms with Crippen LogP contribution in [-0.4, -0.2) is 29.7 Å². The van der Waals surface area contributed by atoms with Gasteiger partial charge in [0.1, 0.15) is 0 Å². The Morgan fingerprint density at radius 3 is 2.81 bits per heavy atom. The molecule has 2 amide bonds. The summed E-state index contributed by atoms with van der Waals surface area (Å²) in [5.41, 5.74) is 0. The predicted octanol–water partition coefficient (Wildman–Crippen LogP) is 1.34. The lowest BCUT2D eigenvalue weighted by Gasteiger charge is -2.06. The van der Waals surface area contributed by atoms with Crippen molar-refractivity contribution in [3.63, 3.8) is 0 Å². The minimum atomic E-state index is -0.826. The van der Waals surface area contributed by atoms with Crippen LogP contribution in [-0.2, 0) is 4.79 Å². The van der Waals surface area contributed by atoms with Crippen LogP contribution in [0.5, 0.6) is 0 Å². The Bertz CT molecular complexity index is 256. The second kappa shape index (κ2) is 6.35. The van der Waals surface area contributed by atoms with Crippen molar-refractivity contribution in [2.24, 2.45) is 5.92 Å². The molecule has 1 aliphatic rings. The second-order valence-electron chi connectivity index (χ2n) is 4.29. The minimum absolute atomic E-state index is 0.0994. The Morgan fingerprint density at radius 2 is 2.19 bits per heavy atom. The summed E-state index contributed by atoms with van der Waals surface area (Å²) < 4.78 is 0. The number of hydrogen-bond acceptors (Lipinski definition) is 2. The van der Waals surface area contributed by atoms with Crippen molar-refractivity contribution in [2.75, 3.05) is 6.54 Å². The zero-order valence-corrected chi connectivity index (χ0v) is 9.66. The summed E-state index contributed by atoms with van der Waals surface area (Å²) in [7, 11) is 0. The molecule has 5 heteroatoms. The van der Waals surface area contributed by atoms with Gasteiger partial charge in [0.2, 0.25) is 0 Å². The van der Waals surface area contributed by atoms with Gasteiger partial charge in [-0.2, -0.15) is 0 Å². The number of carbonyl (C=O) groups is 2. The number of urea groups is 1. The Labute approximate surface area is 95.6 Å². The van der Waals surface area contributed by atoms with Gasteiger partial charge in [-0.3, -0.25) is 4.79 Å². The molecule has 16 heavy (non-hydrogen) atoms. The molecular formula is C11H20N2O3. The molecule has 0 spiro atoms. The maximum absolute atomic E-state index is 11.3.